The van der Waals surface area contributed by atoms with E-state index in [-0.39, 0.29) is 23.4 Å². The van der Waals surface area contributed by atoms with Gasteiger partial charge in [0.15, 0.2) is 0 Å². The number of hydrogen-bond acceptors (Lipinski definition) is 2. The summed E-state index contributed by atoms with van der Waals surface area (Å²) in [5.41, 5.74) is 4.53. The zero-order valence-corrected chi connectivity index (χ0v) is 19.1. The van der Waals surface area contributed by atoms with Crippen LogP contribution in [0.5, 0.6) is 0 Å². The molecule has 4 aliphatic rings. The summed E-state index contributed by atoms with van der Waals surface area (Å²) in [6, 6.07) is 10.5. The molecule has 0 radical (unpaired) electrons. The Kier molecular flexibility index (Phi) is 4.56. The number of nitrogens with one attached hydrogen (secondary N) is 1. The Balaban J connectivity index is 1.73. The van der Waals surface area contributed by atoms with Gasteiger partial charge < -0.3 is 5.32 Å². The number of allylic oxidation sites excluding steroid dienone is 3. The lowest BCUT2D eigenvalue weighted by molar-refractivity contribution is -0.0633. The standard InChI is InChI=1S/C27H34F2N2/c1-16-13-25(2,3)14-20-22(16)26(4,18-9-7-6-8-10-18)23-21(17-11-12-17)19(27(5,28)29)15-30-24(23)31-20/h6-10,15,17,19,21,23-24,31H,1,11-14H2,2-5H3/t19?,21?,23?,24?,26-/m0/s1. The molecule has 1 fully saturated rings. The lowest BCUT2D eigenvalue weighted by Crippen LogP contribution is -2.60. The van der Waals surface area contributed by atoms with Crippen LogP contribution in [0.25, 0.3) is 0 Å². The van der Waals surface area contributed by atoms with Crippen molar-refractivity contribution in [2.45, 2.75) is 70.9 Å². The fourth-order valence-corrected chi connectivity index (χ4v) is 6.95. The molecule has 2 aliphatic heterocycles. The lowest BCUT2D eigenvalue weighted by atomic mass is 9.52. The fourth-order valence-electron chi connectivity index (χ4n) is 6.95. The predicted molar refractivity (Wildman–Crippen MR) is 122 cm³/mol. The second kappa shape index (κ2) is 6.76. The van der Waals surface area contributed by atoms with Crippen LogP contribution >= 0.6 is 0 Å². The van der Waals surface area contributed by atoms with E-state index in [1.54, 1.807) is 6.21 Å². The fraction of sp³-hybridized carbons (Fsp3) is 0.593. The highest BCUT2D eigenvalue weighted by atomic mass is 19.3. The highest BCUT2D eigenvalue weighted by molar-refractivity contribution is 5.66. The molecule has 1 saturated carbocycles. The molecule has 1 aromatic rings. The number of rotatable bonds is 3. The summed E-state index contributed by atoms with van der Waals surface area (Å²) in [5.74, 6) is -3.38. The second-order valence-corrected chi connectivity index (χ2v) is 11.4. The van der Waals surface area contributed by atoms with Crippen LogP contribution in [-0.2, 0) is 5.41 Å². The van der Waals surface area contributed by atoms with Crippen molar-refractivity contribution in [2.75, 3.05) is 0 Å². The third-order valence-corrected chi connectivity index (χ3v) is 8.21. The molecule has 1 aromatic carbocycles. The first-order valence-electron chi connectivity index (χ1n) is 11.7. The summed E-state index contributed by atoms with van der Waals surface area (Å²) in [6.07, 6.45) is 5.35. The van der Waals surface area contributed by atoms with Crippen LogP contribution in [0.3, 0.4) is 0 Å². The summed E-state index contributed by atoms with van der Waals surface area (Å²) in [4.78, 5) is 4.76. The van der Waals surface area contributed by atoms with E-state index in [4.69, 9.17) is 4.99 Å². The quantitative estimate of drug-likeness (QED) is 0.588. The minimum Gasteiger partial charge on any atom is -0.367 e. The van der Waals surface area contributed by atoms with Gasteiger partial charge in [-0.15, -0.1) is 0 Å². The van der Waals surface area contributed by atoms with E-state index in [9.17, 15) is 8.78 Å². The number of nitrogens with zero attached hydrogens (tertiary/aromatic N) is 1. The van der Waals surface area contributed by atoms with E-state index in [2.05, 4.69) is 56.9 Å². The molecule has 2 aliphatic carbocycles. The van der Waals surface area contributed by atoms with Crippen molar-refractivity contribution in [3.8, 4) is 0 Å². The first-order chi connectivity index (χ1) is 14.5. The third-order valence-electron chi connectivity index (χ3n) is 8.21. The molecule has 0 spiro atoms. The van der Waals surface area contributed by atoms with E-state index in [0.717, 1.165) is 38.2 Å². The van der Waals surface area contributed by atoms with Crippen molar-refractivity contribution < 1.29 is 8.78 Å². The van der Waals surface area contributed by atoms with E-state index in [0.29, 0.717) is 5.92 Å². The number of halogens is 2. The van der Waals surface area contributed by atoms with Crippen molar-refractivity contribution in [1.82, 2.24) is 5.32 Å². The van der Waals surface area contributed by atoms with Gasteiger partial charge in [0.1, 0.15) is 6.17 Å². The number of benzene rings is 1. The van der Waals surface area contributed by atoms with E-state index < -0.39 is 17.3 Å². The monoisotopic (exact) mass is 424 g/mol. The highest BCUT2D eigenvalue weighted by Gasteiger charge is 2.61. The van der Waals surface area contributed by atoms with Crippen LogP contribution in [0, 0.1) is 29.1 Å². The van der Waals surface area contributed by atoms with Crippen LogP contribution in [0.4, 0.5) is 8.78 Å². The van der Waals surface area contributed by atoms with Gasteiger partial charge in [0.25, 0.3) is 5.92 Å². The molecular weight excluding hydrogens is 390 g/mol. The second-order valence-electron chi connectivity index (χ2n) is 11.4. The first kappa shape index (κ1) is 20.9. The molecule has 5 atom stereocenters. The van der Waals surface area contributed by atoms with Gasteiger partial charge in [-0.25, -0.2) is 8.78 Å². The van der Waals surface area contributed by atoms with Crippen LogP contribution in [0.1, 0.15) is 58.9 Å². The molecule has 166 valence electrons. The molecular formula is C27H34F2N2. The maximum absolute atomic E-state index is 14.8. The normalized spacial score (nSPS) is 37.2. The first-order valence-corrected chi connectivity index (χ1v) is 11.7. The van der Waals surface area contributed by atoms with Crippen molar-refractivity contribution >= 4 is 6.21 Å². The van der Waals surface area contributed by atoms with Gasteiger partial charge in [0, 0.05) is 30.2 Å². The maximum atomic E-state index is 14.8. The van der Waals surface area contributed by atoms with E-state index >= 15 is 0 Å². The molecule has 0 amide bonds. The van der Waals surface area contributed by atoms with Crippen LogP contribution < -0.4 is 5.32 Å². The summed E-state index contributed by atoms with van der Waals surface area (Å²) < 4.78 is 29.7. The average Bonchev–Trinajstić information content (AvgIpc) is 3.50. The molecule has 5 rings (SSSR count). The Bertz CT molecular complexity index is 951. The summed E-state index contributed by atoms with van der Waals surface area (Å²) in [7, 11) is 0. The molecule has 4 heteroatoms. The van der Waals surface area contributed by atoms with Crippen molar-refractivity contribution in [1.29, 1.82) is 0 Å². The molecule has 31 heavy (non-hydrogen) atoms. The molecule has 2 heterocycles. The molecule has 1 N–H and O–H groups in total. The van der Waals surface area contributed by atoms with Gasteiger partial charge >= 0.3 is 0 Å². The zero-order valence-electron chi connectivity index (χ0n) is 19.1. The molecule has 0 bridgehead atoms. The summed E-state index contributed by atoms with van der Waals surface area (Å²) in [5, 5.41) is 3.73. The van der Waals surface area contributed by atoms with Gasteiger partial charge in [-0.1, -0.05) is 57.7 Å². The van der Waals surface area contributed by atoms with Gasteiger partial charge in [0.05, 0.1) is 5.92 Å². The Labute approximate surface area is 184 Å². The van der Waals surface area contributed by atoms with E-state index in [1.165, 1.54) is 16.8 Å². The number of fused-ring (bicyclic) bond motifs is 1. The van der Waals surface area contributed by atoms with Crippen LogP contribution in [0.15, 0.2) is 58.7 Å². The lowest BCUT2D eigenvalue weighted by Gasteiger charge is -2.57. The Hall–Kier alpha value is -1.97. The van der Waals surface area contributed by atoms with E-state index in [1.807, 2.05) is 6.07 Å². The molecule has 2 nitrogen and oxygen atoms in total. The highest BCUT2D eigenvalue weighted by Crippen LogP contribution is 2.61. The topological polar surface area (TPSA) is 24.4 Å². The number of hydrogen-bond donors (Lipinski definition) is 1. The Morgan fingerprint density at radius 3 is 2.39 bits per heavy atom. The average molecular weight is 425 g/mol. The summed E-state index contributed by atoms with van der Waals surface area (Å²) >= 11 is 0. The van der Waals surface area contributed by atoms with Crippen LogP contribution in [0.2, 0.25) is 0 Å². The van der Waals surface area contributed by atoms with Gasteiger partial charge in [-0.3, -0.25) is 4.99 Å². The smallest absolute Gasteiger partial charge is 0.253 e. The number of aliphatic imine (C=N–C) groups is 1. The van der Waals surface area contributed by atoms with Gasteiger partial charge in [-0.2, -0.15) is 0 Å². The van der Waals surface area contributed by atoms with Gasteiger partial charge in [-0.05, 0) is 59.6 Å². The zero-order chi connectivity index (χ0) is 22.2. The van der Waals surface area contributed by atoms with Crippen molar-refractivity contribution in [3.05, 3.63) is 59.3 Å². The number of alkyl halides is 2. The van der Waals surface area contributed by atoms with Crippen molar-refractivity contribution in [2.24, 2.45) is 34.1 Å². The minimum atomic E-state index is -2.78. The Morgan fingerprint density at radius 2 is 1.77 bits per heavy atom. The maximum Gasteiger partial charge on any atom is 0.253 e. The largest absolute Gasteiger partial charge is 0.367 e. The molecule has 0 saturated heterocycles. The molecule has 0 aromatic heterocycles. The summed E-state index contributed by atoms with van der Waals surface area (Å²) in [6.45, 7) is 12.4. The predicted octanol–water partition coefficient (Wildman–Crippen LogP) is 6.50. The minimum absolute atomic E-state index is 0.0278. The SMILES string of the molecule is C=C1CC(C)(C)CC2=C1[C@](C)(c1ccccc1)C1C(N=CC(C(C)(F)F)C1C1CC1)N2. The van der Waals surface area contributed by atoms with Gasteiger partial charge in [0.2, 0.25) is 0 Å². The molecule has 4 unspecified atom stereocenters. The Morgan fingerprint density at radius 1 is 1.10 bits per heavy atom. The van der Waals surface area contributed by atoms with Crippen molar-refractivity contribution in [3.63, 3.8) is 0 Å². The third kappa shape index (κ3) is 3.29. The van der Waals surface area contributed by atoms with Crippen LogP contribution in [-0.4, -0.2) is 18.3 Å².